The van der Waals surface area contributed by atoms with Crippen molar-refractivity contribution in [3.63, 3.8) is 0 Å². The highest BCUT2D eigenvalue weighted by molar-refractivity contribution is 7.89. The van der Waals surface area contributed by atoms with Gasteiger partial charge in [-0.05, 0) is 67.8 Å². The number of carbonyl (C=O) groups is 1. The van der Waals surface area contributed by atoms with Crippen LogP contribution in [0.5, 0.6) is 0 Å². The van der Waals surface area contributed by atoms with E-state index < -0.39 is 10.0 Å². The van der Waals surface area contributed by atoms with Crippen LogP contribution in [0.4, 0.5) is 5.69 Å². The van der Waals surface area contributed by atoms with E-state index in [1.54, 1.807) is 30.3 Å². The average Bonchev–Trinajstić information content (AvgIpc) is 2.83. The van der Waals surface area contributed by atoms with Crippen molar-refractivity contribution in [3.8, 4) is 0 Å². The number of hydrogen-bond acceptors (Lipinski definition) is 5. The van der Waals surface area contributed by atoms with E-state index in [0.717, 1.165) is 15.6 Å². The number of hydrogen-bond donors (Lipinski definition) is 1. The summed E-state index contributed by atoms with van der Waals surface area (Å²) in [4.78, 5) is 19.3. The van der Waals surface area contributed by atoms with Crippen molar-refractivity contribution in [2.45, 2.75) is 38.3 Å². The van der Waals surface area contributed by atoms with E-state index in [1.807, 2.05) is 31.2 Å². The van der Waals surface area contributed by atoms with Crippen molar-refractivity contribution >= 4 is 21.6 Å². The first kappa shape index (κ1) is 25.4. The van der Waals surface area contributed by atoms with E-state index >= 15 is 0 Å². The Morgan fingerprint density at radius 1 is 1.00 bits per heavy atom. The fourth-order valence-corrected chi connectivity index (χ4v) is 4.48. The van der Waals surface area contributed by atoms with Crippen LogP contribution in [0, 0.1) is 13.8 Å². The Kier molecular flexibility index (Phi) is 7.74. The zero-order valence-electron chi connectivity index (χ0n) is 20.5. The van der Waals surface area contributed by atoms with Crippen molar-refractivity contribution in [2.24, 2.45) is 0 Å². The first-order valence-corrected chi connectivity index (χ1v) is 12.5. The first-order chi connectivity index (χ1) is 16.0. The van der Waals surface area contributed by atoms with Crippen LogP contribution >= 0.6 is 0 Å². The maximum Gasteiger partial charge on any atom is 0.254 e. The molecule has 3 rings (SSSR count). The number of anilines is 1. The predicted octanol–water partition coefficient (Wildman–Crippen LogP) is 4.39. The van der Waals surface area contributed by atoms with Crippen molar-refractivity contribution in [1.29, 1.82) is 0 Å². The molecule has 1 heterocycles. The van der Waals surface area contributed by atoms with E-state index in [1.165, 1.54) is 31.3 Å². The van der Waals surface area contributed by atoms with E-state index in [4.69, 9.17) is 0 Å². The van der Waals surface area contributed by atoms with E-state index in [9.17, 15) is 13.2 Å². The lowest BCUT2D eigenvalue weighted by molar-refractivity contribution is 0.0739. The number of aryl methyl sites for hydroxylation is 2. The number of amides is 1. The van der Waals surface area contributed by atoms with Crippen LogP contribution in [0.15, 0.2) is 65.7 Å². The number of aromatic nitrogens is 1. The predicted molar refractivity (Wildman–Crippen MR) is 135 cm³/mol. The molecule has 0 bridgehead atoms. The minimum Gasteiger partial charge on any atom is -0.381 e. The summed E-state index contributed by atoms with van der Waals surface area (Å²) in [5.41, 5.74) is 5.06. The molecule has 0 aliphatic carbocycles. The number of nitrogens with zero attached hydrogens (tertiary/aromatic N) is 3. The quantitative estimate of drug-likeness (QED) is 0.517. The second-order valence-electron chi connectivity index (χ2n) is 8.65. The van der Waals surface area contributed by atoms with Gasteiger partial charge in [0.25, 0.3) is 5.91 Å². The van der Waals surface area contributed by atoms with Gasteiger partial charge in [0.1, 0.15) is 0 Å². The highest BCUT2D eigenvalue weighted by atomic mass is 32.2. The fraction of sp³-hybridized carbons (Fsp3) is 0.308. The Hall–Kier alpha value is -3.23. The van der Waals surface area contributed by atoms with Gasteiger partial charge in [0, 0.05) is 45.1 Å². The normalized spacial score (nSPS) is 12.4. The molecule has 3 aromatic rings. The number of nitrogens with one attached hydrogen (secondary N) is 1. The van der Waals surface area contributed by atoms with Gasteiger partial charge in [0.05, 0.1) is 16.6 Å². The van der Waals surface area contributed by atoms with Gasteiger partial charge in [-0.1, -0.05) is 24.3 Å². The largest absolute Gasteiger partial charge is 0.381 e. The molecule has 0 fully saturated rings. The zero-order chi connectivity index (χ0) is 25.0. The number of carbonyl (C=O) groups excluding carboxylic acids is 1. The van der Waals surface area contributed by atoms with E-state index in [-0.39, 0.29) is 22.4 Å². The molecule has 34 heavy (non-hydrogen) atoms. The second-order valence-corrected chi connectivity index (χ2v) is 10.8. The lowest BCUT2D eigenvalue weighted by Gasteiger charge is -2.25. The van der Waals surface area contributed by atoms with Crippen molar-refractivity contribution in [3.05, 3.63) is 88.7 Å². The number of benzene rings is 2. The third-order valence-electron chi connectivity index (χ3n) is 6.02. The van der Waals surface area contributed by atoms with Crippen LogP contribution in [0.3, 0.4) is 0 Å². The van der Waals surface area contributed by atoms with Crippen LogP contribution in [0.2, 0.25) is 0 Å². The summed E-state index contributed by atoms with van der Waals surface area (Å²) in [5.74, 6) is -0.289. The lowest BCUT2D eigenvalue weighted by Crippen LogP contribution is -2.30. The van der Waals surface area contributed by atoms with Crippen LogP contribution in [0.25, 0.3) is 0 Å². The van der Waals surface area contributed by atoms with Gasteiger partial charge >= 0.3 is 0 Å². The average molecular weight is 481 g/mol. The lowest BCUT2D eigenvalue weighted by atomic mass is 10.1. The second kappa shape index (κ2) is 10.4. The zero-order valence-corrected chi connectivity index (χ0v) is 21.3. The van der Waals surface area contributed by atoms with Crippen LogP contribution in [0.1, 0.15) is 45.7 Å². The Balaban J connectivity index is 1.95. The summed E-state index contributed by atoms with van der Waals surface area (Å²) in [7, 11) is 0.900. The Morgan fingerprint density at radius 2 is 1.74 bits per heavy atom. The minimum absolute atomic E-state index is 0.0600. The molecule has 1 amide bonds. The molecule has 7 nitrogen and oxygen atoms in total. The topological polar surface area (TPSA) is 82.6 Å². The van der Waals surface area contributed by atoms with Gasteiger partial charge < -0.3 is 10.2 Å². The summed E-state index contributed by atoms with van der Waals surface area (Å²) >= 11 is 0. The Morgan fingerprint density at radius 3 is 2.35 bits per heavy atom. The van der Waals surface area contributed by atoms with Gasteiger partial charge in [0.2, 0.25) is 10.0 Å². The summed E-state index contributed by atoms with van der Waals surface area (Å²) in [6, 6.07) is 16.1. The molecular weight excluding hydrogens is 448 g/mol. The van der Waals surface area contributed by atoms with Gasteiger partial charge in [-0.15, -0.1) is 0 Å². The third-order valence-corrected chi connectivity index (χ3v) is 7.81. The number of sulfonamides is 1. The molecule has 8 heteroatoms. The first-order valence-electron chi connectivity index (χ1n) is 11.1. The molecule has 2 aromatic carbocycles. The van der Waals surface area contributed by atoms with Gasteiger partial charge in [-0.2, -0.15) is 0 Å². The maximum absolute atomic E-state index is 13.4. The molecule has 1 atom stereocenters. The SMILES string of the molecule is Cc1ccc(CNc2cc(C(=O)N(C)C(C)c3ccccn3)cc(S(=O)(=O)N(C)C)c2)cc1C. The highest BCUT2D eigenvalue weighted by Crippen LogP contribution is 2.25. The minimum atomic E-state index is -3.74. The van der Waals surface area contributed by atoms with Crippen LogP contribution < -0.4 is 5.32 Å². The molecule has 180 valence electrons. The molecule has 0 spiro atoms. The molecule has 0 saturated carbocycles. The third kappa shape index (κ3) is 5.63. The summed E-state index contributed by atoms with van der Waals surface area (Å²) in [6.07, 6.45) is 1.68. The van der Waals surface area contributed by atoms with Gasteiger partial charge in [0.15, 0.2) is 0 Å². The molecule has 0 aliphatic rings. The van der Waals surface area contributed by atoms with Crippen molar-refractivity contribution in [2.75, 3.05) is 26.5 Å². The molecular formula is C26H32N4O3S. The van der Waals surface area contributed by atoms with Crippen molar-refractivity contribution < 1.29 is 13.2 Å². The fourth-order valence-electron chi connectivity index (χ4n) is 3.50. The van der Waals surface area contributed by atoms with E-state index in [0.29, 0.717) is 12.2 Å². The highest BCUT2D eigenvalue weighted by Gasteiger charge is 2.24. The molecule has 1 aromatic heterocycles. The molecule has 0 aliphatic heterocycles. The summed E-state index contributed by atoms with van der Waals surface area (Å²) in [5, 5.41) is 3.29. The van der Waals surface area contributed by atoms with Gasteiger partial charge in [-0.25, -0.2) is 12.7 Å². The summed E-state index contributed by atoms with van der Waals surface area (Å²) in [6.45, 7) is 6.50. The molecule has 1 unspecified atom stereocenters. The smallest absolute Gasteiger partial charge is 0.254 e. The molecule has 0 radical (unpaired) electrons. The van der Waals surface area contributed by atoms with Gasteiger partial charge in [-0.3, -0.25) is 9.78 Å². The summed E-state index contributed by atoms with van der Waals surface area (Å²) < 4.78 is 27.0. The number of rotatable bonds is 8. The Bertz CT molecular complexity index is 1270. The molecule has 1 N–H and O–H groups in total. The molecule has 0 saturated heterocycles. The van der Waals surface area contributed by atoms with E-state index in [2.05, 4.69) is 36.3 Å². The standard InChI is InChI=1S/C26H32N4O3S/c1-18-10-11-21(13-19(18)2)17-28-23-14-22(15-24(16-23)34(32,33)29(4)5)26(31)30(6)20(3)25-9-7-8-12-27-25/h7-16,20,28H,17H2,1-6H3. The van der Waals surface area contributed by atoms with Crippen molar-refractivity contribution in [1.82, 2.24) is 14.2 Å². The van der Waals surface area contributed by atoms with Crippen LogP contribution in [-0.4, -0.2) is 49.7 Å². The number of pyridine rings is 1. The van der Waals surface area contributed by atoms with Crippen LogP contribution in [-0.2, 0) is 16.6 Å². The maximum atomic E-state index is 13.4. The monoisotopic (exact) mass is 480 g/mol. The Labute approximate surface area is 202 Å².